The minimum absolute atomic E-state index is 0.167. The van der Waals surface area contributed by atoms with Gasteiger partial charge < -0.3 is 5.11 Å². The molecule has 1 N–H and O–H groups in total. The predicted molar refractivity (Wildman–Crippen MR) is 62.9 cm³/mol. The summed E-state index contributed by atoms with van der Waals surface area (Å²) in [6.07, 6.45) is 3.60. The van der Waals surface area contributed by atoms with Gasteiger partial charge in [0.05, 0.1) is 5.34 Å². The van der Waals surface area contributed by atoms with Crippen molar-refractivity contribution in [3.63, 3.8) is 0 Å². The Kier molecular flexibility index (Phi) is 2.13. The maximum Gasteiger partial charge on any atom is 0.0890 e. The van der Waals surface area contributed by atoms with Crippen LogP contribution in [0.15, 0.2) is 0 Å². The molecule has 2 saturated carbocycles. The third-order valence-electron chi connectivity index (χ3n) is 5.59. The van der Waals surface area contributed by atoms with E-state index in [0.29, 0.717) is 5.41 Å². The van der Waals surface area contributed by atoms with Crippen LogP contribution in [0.2, 0.25) is 0 Å². The van der Waals surface area contributed by atoms with Crippen molar-refractivity contribution >= 4 is 7.92 Å². The van der Waals surface area contributed by atoms with Gasteiger partial charge in [0, 0.05) is 5.41 Å². The van der Waals surface area contributed by atoms with Gasteiger partial charge in [-0.05, 0) is 43.9 Å². The highest BCUT2D eigenvalue weighted by Crippen LogP contribution is 2.75. The highest BCUT2D eigenvalue weighted by Gasteiger charge is 2.69. The van der Waals surface area contributed by atoms with E-state index in [0.717, 1.165) is 12.3 Å². The number of hydrogen-bond donors (Lipinski definition) is 1. The molecule has 0 aromatic heterocycles. The molecule has 82 valence electrons. The van der Waals surface area contributed by atoms with Crippen molar-refractivity contribution < 1.29 is 5.11 Å². The zero-order valence-electron chi connectivity index (χ0n) is 10.1. The molecule has 2 bridgehead atoms. The quantitative estimate of drug-likeness (QED) is 0.664. The Balaban J connectivity index is 2.45. The van der Waals surface area contributed by atoms with E-state index in [1.54, 1.807) is 0 Å². The lowest BCUT2D eigenvalue weighted by molar-refractivity contribution is -0.0206. The fourth-order valence-corrected chi connectivity index (χ4v) is 5.89. The van der Waals surface area contributed by atoms with Gasteiger partial charge in [-0.25, -0.2) is 0 Å². The first-order valence-corrected chi connectivity index (χ1v) is 7.89. The topological polar surface area (TPSA) is 20.2 Å². The third-order valence-corrected chi connectivity index (χ3v) is 7.75. The Morgan fingerprint density at radius 3 is 2.00 bits per heavy atom. The molecule has 2 fully saturated rings. The van der Waals surface area contributed by atoms with E-state index < -0.39 is 0 Å². The summed E-state index contributed by atoms with van der Waals surface area (Å²) in [6.45, 7) is 11.5. The zero-order chi connectivity index (χ0) is 10.8. The molecule has 0 amide bonds. The summed E-state index contributed by atoms with van der Waals surface area (Å²) >= 11 is 0. The maximum atomic E-state index is 10.9. The second kappa shape index (κ2) is 2.74. The summed E-state index contributed by atoms with van der Waals surface area (Å²) in [5.74, 6) is 0.752. The van der Waals surface area contributed by atoms with Crippen molar-refractivity contribution in [3.05, 3.63) is 0 Å². The molecule has 0 aliphatic heterocycles. The monoisotopic (exact) mass is 214 g/mol. The minimum Gasteiger partial charge on any atom is -0.385 e. The molecule has 0 aromatic rings. The summed E-state index contributed by atoms with van der Waals surface area (Å²) < 4.78 is 0. The van der Waals surface area contributed by atoms with Gasteiger partial charge in [-0.3, -0.25) is 0 Å². The van der Waals surface area contributed by atoms with E-state index in [2.05, 4.69) is 34.1 Å². The van der Waals surface area contributed by atoms with Crippen LogP contribution < -0.4 is 0 Å². The Bertz CT molecular complexity index is 261. The summed E-state index contributed by atoms with van der Waals surface area (Å²) in [6, 6.07) is 0. The van der Waals surface area contributed by atoms with E-state index in [1.165, 1.54) is 12.8 Å². The second-order valence-corrected chi connectivity index (χ2v) is 8.73. The fourth-order valence-electron chi connectivity index (χ4n) is 3.91. The molecule has 0 saturated heterocycles. The molecule has 2 aliphatic carbocycles. The van der Waals surface area contributed by atoms with Crippen LogP contribution in [0.25, 0.3) is 0 Å². The Hall–Kier alpha value is 0.390. The fraction of sp³-hybridized carbons (Fsp3) is 1.00. The molecule has 0 radical (unpaired) electrons. The molecule has 2 aliphatic rings. The van der Waals surface area contributed by atoms with Crippen molar-refractivity contribution in [1.29, 1.82) is 0 Å². The normalized spacial score (nSPS) is 50.4. The number of fused-ring (bicyclic) bond motifs is 2. The van der Waals surface area contributed by atoms with Crippen molar-refractivity contribution in [2.45, 2.75) is 45.4 Å². The Morgan fingerprint density at radius 1 is 1.21 bits per heavy atom. The third kappa shape index (κ3) is 0.938. The average Bonchev–Trinajstić information content (AvgIpc) is 2.36. The summed E-state index contributed by atoms with van der Waals surface area (Å²) in [5, 5.41) is 10.5. The van der Waals surface area contributed by atoms with E-state index in [4.69, 9.17) is 0 Å². The highest BCUT2D eigenvalue weighted by atomic mass is 31.1. The number of aliphatic hydroxyl groups is 1. The summed E-state index contributed by atoms with van der Waals surface area (Å²) in [7, 11) is -0.250. The van der Waals surface area contributed by atoms with Crippen LogP contribution in [-0.2, 0) is 0 Å². The van der Waals surface area contributed by atoms with E-state index in [-0.39, 0.29) is 18.7 Å². The van der Waals surface area contributed by atoms with Crippen LogP contribution in [0.1, 0.15) is 40.0 Å². The zero-order valence-corrected chi connectivity index (χ0v) is 11.0. The van der Waals surface area contributed by atoms with Crippen LogP contribution in [-0.4, -0.2) is 23.8 Å². The van der Waals surface area contributed by atoms with E-state index in [9.17, 15) is 5.11 Å². The largest absolute Gasteiger partial charge is 0.385 e. The molecule has 0 aromatic carbocycles. The standard InChI is InChI=1S/C12H23OP/c1-10(2)9-6-7-11(10,3)12(13,8-9)14(4)5/h9,13H,6-8H2,1-5H3. The first kappa shape index (κ1) is 10.9. The van der Waals surface area contributed by atoms with Gasteiger partial charge in [0.15, 0.2) is 0 Å². The first-order chi connectivity index (χ1) is 6.26. The maximum absolute atomic E-state index is 10.9. The summed E-state index contributed by atoms with van der Waals surface area (Å²) in [5.41, 5.74) is 0.508. The Labute approximate surface area is 89.0 Å². The molecule has 2 rings (SSSR count). The van der Waals surface area contributed by atoms with Gasteiger partial charge in [0.1, 0.15) is 0 Å². The van der Waals surface area contributed by atoms with Gasteiger partial charge >= 0.3 is 0 Å². The molecular weight excluding hydrogens is 191 g/mol. The van der Waals surface area contributed by atoms with Gasteiger partial charge in [0.2, 0.25) is 0 Å². The Morgan fingerprint density at radius 2 is 1.79 bits per heavy atom. The van der Waals surface area contributed by atoms with E-state index >= 15 is 0 Å². The molecule has 14 heavy (non-hydrogen) atoms. The highest BCUT2D eigenvalue weighted by molar-refractivity contribution is 7.57. The number of hydrogen-bond acceptors (Lipinski definition) is 1. The molecule has 0 spiro atoms. The average molecular weight is 214 g/mol. The lowest BCUT2D eigenvalue weighted by atomic mass is 9.69. The van der Waals surface area contributed by atoms with Gasteiger partial charge in [0.25, 0.3) is 0 Å². The molecule has 3 unspecified atom stereocenters. The smallest absolute Gasteiger partial charge is 0.0890 e. The van der Waals surface area contributed by atoms with Crippen LogP contribution in [0, 0.1) is 16.7 Å². The van der Waals surface area contributed by atoms with Gasteiger partial charge in [-0.1, -0.05) is 28.7 Å². The lowest BCUT2D eigenvalue weighted by Gasteiger charge is -2.47. The van der Waals surface area contributed by atoms with Crippen molar-refractivity contribution in [2.24, 2.45) is 16.7 Å². The predicted octanol–water partition coefficient (Wildman–Crippen LogP) is 3.26. The van der Waals surface area contributed by atoms with Crippen molar-refractivity contribution in [1.82, 2.24) is 0 Å². The lowest BCUT2D eigenvalue weighted by Crippen LogP contribution is -2.45. The SMILES string of the molecule is CP(C)C1(O)CC2CCC1(C)C2(C)C. The molecule has 1 nitrogen and oxygen atoms in total. The first-order valence-electron chi connectivity index (χ1n) is 5.65. The number of rotatable bonds is 1. The van der Waals surface area contributed by atoms with Gasteiger partial charge in [-0.15, -0.1) is 0 Å². The van der Waals surface area contributed by atoms with Crippen LogP contribution >= 0.6 is 7.92 Å². The van der Waals surface area contributed by atoms with Crippen molar-refractivity contribution in [2.75, 3.05) is 13.3 Å². The molecule has 2 heteroatoms. The molecule has 3 atom stereocenters. The molecular formula is C12H23OP. The summed E-state index contributed by atoms with van der Waals surface area (Å²) in [4.78, 5) is 0. The van der Waals surface area contributed by atoms with Crippen LogP contribution in [0.5, 0.6) is 0 Å². The van der Waals surface area contributed by atoms with Crippen LogP contribution in [0.4, 0.5) is 0 Å². The van der Waals surface area contributed by atoms with Crippen LogP contribution in [0.3, 0.4) is 0 Å². The minimum atomic E-state index is -0.352. The molecule has 0 heterocycles. The van der Waals surface area contributed by atoms with Crippen molar-refractivity contribution in [3.8, 4) is 0 Å². The van der Waals surface area contributed by atoms with E-state index in [1.807, 2.05) is 0 Å². The van der Waals surface area contributed by atoms with Gasteiger partial charge in [-0.2, -0.15) is 0 Å². The second-order valence-electron chi connectivity index (χ2n) is 6.20.